The summed E-state index contributed by atoms with van der Waals surface area (Å²) in [5, 5.41) is 8.56. The molecule has 0 atom stereocenters. The van der Waals surface area contributed by atoms with E-state index in [9.17, 15) is 0 Å². The van der Waals surface area contributed by atoms with Crippen LogP contribution in [0, 0.1) is 0 Å². The Hall–Kier alpha value is -1.08. The molecule has 0 aliphatic heterocycles. The van der Waals surface area contributed by atoms with Crippen molar-refractivity contribution in [2.45, 2.75) is 0 Å². The number of aliphatic hydroxyl groups is 1. The van der Waals surface area contributed by atoms with Crippen molar-refractivity contribution in [3.05, 3.63) is 41.9 Å². The van der Waals surface area contributed by atoms with Crippen LogP contribution in [0.25, 0.3) is 6.08 Å². The van der Waals surface area contributed by atoms with Crippen molar-refractivity contribution in [2.24, 2.45) is 0 Å². The van der Waals surface area contributed by atoms with Gasteiger partial charge in [-0.1, -0.05) is 42.4 Å². The molecule has 10 heavy (non-hydrogen) atoms. The monoisotopic (exact) mass is 139 g/mol. The smallest absolute Gasteiger partial charge is 0.0629 e. The van der Waals surface area contributed by atoms with Gasteiger partial charge in [-0.3, -0.25) is 0 Å². The number of hydrogen-bond acceptors (Lipinski definition) is 1. The Morgan fingerprint density at radius 1 is 1.40 bits per heavy atom. The van der Waals surface area contributed by atoms with E-state index < -0.39 is 6.04 Å². The van der Waals surface area contributed by atoms with Crippen LogP contribution in [0.3, 0.4) is 0 Å². The molecule has 0 unspecified atom stereocenters. The molecule has 1 heteroatoms. The molecule has 1 rings (SSSR count). The zero-order chi connectivity index (χ0) is 11.6. The summed E-state index contributed by atoms with van der Waals surface area (Å²) in [5.74, 6) is 0. The van der Waals surface area contributed by atoms with E-state index in [1.54, 1.807) is 0 Å². The molecule has 0 aliphatic carbocycles. The number of hydrogen-bond donors (Lipinski definition) is 1. The molecule has 1 nitrogen and oxygen atoms in total. The maximum Gasteiger partial charge on any atom is 0.0629 e. The van der Waals surface area contributed by atoms with Crippen molar-refractivity contribution < 1.29 is 12.0 Å². The highest BCUT2D eigenvalue weighted by molar-refractivity contribution is 5.48. The molecule has 0 amide bonds. The van der Waals surface area contributed by atoms with Crippen LogP contribution < -0.4 is 0 Å². The van der Waals surface area contributed by atoms with Crippen molar-refractivity contribution >= 4 is 6.08 Å². The van der Waals surface area contributed by atoms with Crippen LogP contribution in [0.2, 0.25) is 0 Å². The van der Waals surface area contributed by atoms with E-state index >= 15 is 0 Å². The lowest BCUT2D eigenvalue weighted by Gasteiger charge is -1.88. The van der Waals surface area contributed by atoms with Gasteiger partial charge in [-0.05, 0) is 5.56 Å². The Balaban J connectivity index is 3.45. The Labute approximate surface area is 67.7 Å². The lowest BCUT2D eigenvalue weighted by atomic mass is 10.2. The molecule has 52 valence electrons. The second kappa shape index (κ2) is 3.85. The topological polar surface area (TPSA) is 20.2 Å². The van der Waals surface area contributed by atoms with Gasteiger partial charge in [-0.15, -0.1) is 0 Å². The summed E-state index contributed by atoms with van der Waals surface area (Å²) in [6.07, 6.45) is 2.65. The fraction of sp³-hybridized carbons (Fsp3) is 0.111. The van der Waals surface area contributed by atoms with Crippen molar-refractivity contribution in [3.8, 4) is 0 Å². The van der Waals surface area contributed by atoms with Gasteiger partial charge in [0.15, 0.2) is 0 Å². The molecule has 0 fully saturated rings. The summed E-state index contributed by atoms with van der Waals surface area (Å²) in [6, 6.07) is -1.66. The number of rotatable bonds is 2. The van der Waals surface area contributed by atoms with Gasteiger partial charge in [-0.2, -0.15) is 0 Å². The van der Waals surface area contributed by atoms with Crippen molar-refractivity contribution in [1.29, 1.82) is 0 Å². The summed E-state index contributed by atoms with van der Waals surface area (Å²) in [7, 11) is 0. The van der Waals surface area contributed by atoms with Crippen LogP contribution in [-0.4, -0.2) is 11.7 Å². The van der Waals surface area contributed by atoms with Gasteiger partial charge in [0.1, 0.15) is 0 Å². The molecule has 0 radical (unpaired) electrons. The van der Waals surface area contributed by atoms with E-state index in [1.165, 1.54) is 12.2 Å². The minimum absolute atomic E-state index is 0.0926. The van der Waals surface area contributed by atoms with Crippen LogP contribution in [0.15, 0.2) is 36.3 Å². The summed E-state index contributed by atoms with van der Waals surface area (Å²) in [4.78, 5) is 0. The molecule has 0 spiro atoms. The van der Waals surface area contributed by atoms with E-state index in [0.717, 1.165) is 0 Å². The number of aliphatic hydroxyl groups excluding tert-OH is 1. The highest BCUT2D eigenvalue weighted by Gasteiger charge is 1.79. The van der Waals surface area contributed by atoms with Crippen molar-refractivity contribution in [1.82, 2.24) is 0 Å². The minimum Gasteiger partial charge on any atom is -0.392 e. The fourth-order valence-corrected chi connectivity index (χ4v) is 0.514. The molecule has 0 saturated heterocycles. The molecule has 1 aromatic rings. The van der Waals surface area contributed by atoms with E-state index in [0.29, 0.717) is 0 Å². The highest BCUT2D eigenvalue weighted by atomic mass is 16.2. The first-order chi connectivity index (χ1) is 7.00. The third-order valence-corrected chi connectivity index (χ3v) is 0.909. The van der Waals surface area contributed by atoms with Gasteiger partial charge in [0.25, 0.3) is 0 Å². The quantitative estimate of drug-likeness (QED) is 0.661. The standard InChI is InChI=1S/C9H10O/c10-8-4-7-9-5-2-1-3-6-9/h1-7,10H,8H2/b7-4+/i1D,2D,3D,5D,6D. The molecule has 1 aromatic carbocycles. The van der Waals surface area contributed by atoms with Crippen molar-refractivity contribution in [2.75, 3.05) is 6.61 Å². The van der Waals surface area contributed by atoms with Crippen LogP contribution in [-0.2, 0) is 0 Å². The summed E-state index contributed by atoms with van der Waals surface area (Å²) in [5.41, 5.74) is 0.0926. The summed E-state index contributed by atoms with van der Waals surface area (Å²) < 4.78 is 37.1. The third-order valence-electron chi connectivity index (χ3n) is 0.909. The molecule has 0 bridgehead atoms. The van der Waals surface area contributed by atoms with Crippen LogP contribution >= 0.6 is 0 Å². The Kier molecular flexibility index (Phi) is 1.11. The maximum absolute atomic E-state index is 8.56. The highest BCUT2D eigenvalue weighted by Crippen LogP contribution is 1.99. The second-order valence-corrected chi connectivity index (χ2v) is 1.62. The predicted molar refractivity (Wildman–Crippen MR) is 42.6 cm³/mol. The van der Waals surface area contributed by atoms with E-state index in [2.05, 4.69) is 0 Å². The first-order valence-electron chi connectivity index (χ1n) is 5.35. The van der Waals surface area contributed by atoms with Gasteiger partial charge in [0.2, 0.25) is 0 Å². The van der Waals surface area contributed by atoms with Crippen LogP contribution in [0.5, 0.6) is 0 Å². The molecule has 0 aromatic heterocycles. The second-order valence-electron chi connectivity index (χ2n) is 1.62. The van der Waals surface area contributed by atoms with E-state index in [1.807, 2.05) is 0 Å². The minimum atomic E-state index is -0.411. The lowest BCUT2D eigenvalue weighted by molar-refractivity contribution is 0.343. The predicted octanol–water partition coefficient (Wildman–Crippen LogP) is 1.69. The molecule has 1 N–H and O–H groups in total. The first-order valence-corrected chi connectivity index (χ1v) is 2.85. The van der Waals surface area contributed by atoms with Crippen molar-refractivity contribution in [3.63, 3.8) is 0 Å². The van der Waals surface area contributed by atoms with E-state index in [-0.39, 0.29) is 36.3 Å². The SMILES string of the molecule is [2H]c1c([2H])c([2H])c(/C=C/CO)c([2H])c1[2H]. The van der Waals surface area contributed by atoms with Gasteiger partial charge < -0.3 is 5.11 Å². The van der Waals surface area contributed by atoms with Gasteiger partial charge in [0.05, 0.1) is 13.5 Å². The third kappa shape index (κ3) is 2.03. The lowest BCUT2D eigenvalue weighted by Crippen LogP contribution is -1.72. The average molecular weight is 139 g/mol. The zero-order valence-electron chi connectivity index (χ0n) is 10.3. The zero-order valence-corrected chi connectivity index (χ0v) is 5.31. The molecular weight excluding hydrogens is 124 g/mol. The Morgan fingerprint density at radius 2 is 2.10 bits per heavy atom. The van der Waals surface area contributed by atoms with Crippen LogP contribution in [0.1, 0.15) is 12.4 Å². The Morgan fingerprint density at radius 3 is 2.70 bits per heavy atom. The largest absolute Gasteiger partial charge is 0.392 e. The first kappa shape index (κ1) is 2.89. The van der Waals surface area contributed by atoms with Crippen LogP contribution in [0.4, 0.5) is 0 Å². The van der Waals surface area contributed by atoms with E-state index in [4.69, 9.17) is 12.0 Å². The summed E-state index contributed by atoms with van der Waals surface area (Å²) >= 11 is 0. The molecule has 0 aliphatic rings. The molecule has 0 heterocycles. The fourth-order valence-electron chi connectivity index (χ4n) is 0.514. The average Bonchev–Trinajstić information content (AvgIpc) is 2.24. The summed E-state index contributed by atoms with van der Waals surface area (Å²) in [6.45, 7) is -0.234. The van der Waals surface area contributed by atoms with Gasteiger partial charge >= 0.3 is 0 Å². The van der Waals surface area contributed by atoms with Gasteiger partial charge in [0, 0.05) is 0 Å². The maximum atomic E-state index is 8.56. The van der Waals surface area contributed by atoms with Gasteiger partial charge in [-0.25, -0.2) is 0 Å². The Bertz CT molecular complexity index is 384. The molecule has 0 saturated carbocycles. The normalized spacial score (nSPS) is 17.5. The number of benzene rings is 1. The molecular formula is C9H10O.